The van der Waals surface area contributed by atoms with Gasteiger partial charge in [0.2, 0.25) is 0 Å². The van der Waals surface area contributed by atoms with Gasteiger partial charge in [-0.25, -0.2) is 0 Å². The zero-order chi connectivity index (χ0) is 13.1. The fourth-order valence-corrected chi connectivity index (χ4v) is 2.38. The lowest BCUT2D eigenvalue weighted by molar-refractivity contribution is 0.567. The summed E-state index contributed by atoms with van der Waals surface area (Å²) >= 11 is 0. The van der Waals surface area contributed by atoms with Crippen LogP contribution in [0.3, 0.4) is 0 Å². The summed E-state index contributed by atoms with van der Waals surface area (Å²) in [5.74, 6) is 0.822. The highest BCUT2D eigenvalue weighted by atomic mass is 14.9. The molecule has 1 aliphatic rings. The van der Waals surface area contributed by atoms with E-state index < -0.39 is 0 Å². The van der Waals surface area contributed by atoms with Gasteiger partial charge < -0.3 is 5.32 Å². The highest BCUT2D eigenvalue weighted by Gasteiger charge is 2.23. The van der Waals surface area contributed by atoms with Gasteiger partial charge in [0.15, 0.2) is 0 Å². The van der Waals surface area contributed by atoms with Gasteiger partial charge in [0.1, 0.15) is 0 Å². The minimum absolute atomic E-state index is 0.362. The first-order valence-corrected chi connectivity index (χ1v) is 7.06. The first kappa shape index (κ1) is 12.4. The smallest absolute Gasteiger partial charge is 0.0541 e. The first-order chi connectivity index (χ1) is 9.33. The summed E-state index contributed by atoms with van der Waals surface area (Å²) in [6, 6.07) is 15.4. The van der Waals surface area contributed by atoms with Crippen molar-refractivity contribution in [3.05, 3.63) is 65.5 Å². The van der Waals surface area contributed by atoms with Crippen LogP contribution in [0.4, 0.5) is 0 Å². The third-order valence-corrected chi connectivity index (χ3v) is 3.77. The van der Waals surface area contributed by atoms with Crippen LogP contribution >= 0.6 is 0 Å². The number of nitrogens with one attached hydrogen (secondary N) is 1. The molecule has 0 radical (unpaired) electrons. The molecule has 1 atom stereocenters. The number of benzene rings is 1. The van der Waals surface area contributed by atoms with Gasteiger partial charge in [-0.3, -0.25) is 4.98 Å². The predicted molar refractivity (Wildman–Crippen MR) is 77.9 cm³/mol. The van der Waals surface area contributed by atoms with Crippen molar-refractivity contribution in [2.45, 2.75) is 38.3 Å². The van der Waals surface area contributed by atoms with E-state index in [2.05, 4.69) is 47.6 Å². The van der Waals surface area contributed by atoms with Crippen LogP contribution in [-0.2, 0) is 6.54 Å². The molecule has 1 aliphatic carbocycles. The minimum Gasteiger partial charge on any atom is -0.305 e. The second-order valence-corrected chi connectivity index (χ2v) is 5.37. The lowest BCUT2D eigenvalue weighted by atomic mass is 10.0. The molecule has 3 rings (SSSR count). The van der Waals surface area contributed by atoms with E-state index in [4.69, 9.17) is 0 Å². The van der Waals surface area contributed by atoms with Crippen LogP contribution in [0.25, 0.3) is 0 Å². The molecule has 1 saturated carbocycles. The van der Waals surface area contributed by atoms with Gasteiger partial charge in [0, 0.05) is 18.8 Å². The molecule has 0 amide bonds. The van der Waals surface area contributed by atoms with E-state index in [1.165, 1.54) is 24.0 Å². The molecule has 19 heavy (non-hydrogen) atoms. The van der Waals surface area contributed by atoms with Crippen LogP contribution in [0.2, 0.25) is 0 Å². The zero-order valence-electron chi connectivity index (χ0n) is 11.3. The Morgan fingerprint density at radius 1 is 1.21 bits per heavy atom. The van der Waals surface area contributed by atoms with Gasteiger partial charge in [0.05, 0.1) is 5.69 Å². The monoisotopic (exact) mass is 252 g/mol. The van der Waals surface area contributed by atoms with Gasteiger partial charge in [-0.15, -0.1) is 0 Å². The van der Waals surface area contributed by atoms with Crippen LogP contribution < -0.4 is 5.32 Å². The maximum atomic E-state index is 4.34. The third kappa shape index (κ3) is 3.21. The van der Waals surface area contributed by atoms with Gasteiger partial charge in [-0.2, -0.15) is 0 Å². The summed E-state index contributed by atoms with van der Waals surface area (Å²) in [6.45, 7) is 3.03. The summed E-state index contributed by atoms with van der Waals surface area (Å²) in [5, 5.41) is 3.54. The number of nitrogens with zero attached hydrogens (tertiary/aromatic N) is 1. The zero-order valence-corrected chi connectivity index (χ0v) is 11.3. The van der Waals surface area contributed by atoms with E-state index in [0.29, 0.717) is 6.04 Å². The molecule has 1 fully saturated rings. The fourth-order valence-electron chi connectivity index (χ4n) is 2.38. The lowest BCUT2D eigenvalue weighted by Gasteiger charge is -2.15. The summed E-state index contributed by atoms with van der Waals surface area (Å²) in [6.07, 6.45) is 4.56. The van der Waals surface area contributed by atoms with Crippen LogP contribution in [0.5, 0.6) is 0 Å². The Morgan fingerprint density at radius 3 is 2.84 bits per heavy atom. The molecule has 2 heteroatoms. The Bertz CT molecular complexity index is 532. The quantitative estimate of drug-likeness (QED) is 0.875. The molecule has 1 unspecified atom stereocenters. The van der Waals surface area contributed by atoms with E-state index in [1.54, 1.807) is 0 Å². The van der Waals surface area contributed by atoms with Crippen LogP contribution in [0.15, 0.2) is 48.7 Å². The number of pyridine rings is 1. The van der Waals surface area contributed by atoms with Crippen molar-refractivity contribution < 1.29 is 0 Å². The summed E-state index contributed by atoms with van der Waals surface area (Å²) in [7, 11) is 0. The van der Waals surface area contributed by atoms with E-state index in [0.717, 1.165) is 18.2 Å². The molecule has 1 aromatic carbocycles. The van der Waals surface area contributed by atoms with Crippen molar-refractivity contribution in [1.29, 1.82) is 0 Å². The van der Waals surface area contributed by atoms with E-state index >= 15 is 0 Å². The Kier molecular flexibility index (Phi) is 3.60. The molecular formula is C17H20N2. The van der Waals surface area contributed by atoms with Crippen molar-refractivity contribution in [3.63, 3.8) is 0 Å². The van der Waals surface area contributed by atoms with Crippen molar-refractivity contribution in [2.24, 2.45) is 0 Å². The molecule has 1 heterocycles. The molecular weight excluding hydrogens is 232 g/mol. The molecule has 0 aliphatic heterocycles. The first-order valence-electron chi connectivity index (χ1n) is 7.06. The molecule has 0 saturated heterocycles. The van der Waals surface area contributed by atoms with Gasteiger partial charge >= 0.3 is 0 Å². The highest BCUT2D eigenvalue weighted by Crippen LogP contribution is 2.40. The third-order valence-electron chi connectivity index (χ3n) is 3.77. The largest absolute Gasteiger partial charge is 0.305 e. The average Bonchev–Trinajstić information content (AvgIpc) is 3.31. The predicted octanol–water partition coefficient (Wildman–Crippen LogP) is 3.81. The van der Waals surface area contributed by atoms with Crippen LogP contribution in [-0.4, -0.2) is 4.98 Å². The molecule has 2 aromatic rings. The topological polar surface area (TPSA) is 24.9 Å². The lowest BCUT2D eigenvalue weighted by Crippen LogP contribution is -2.18. The maximum Gasteiger partial charge on any atom is 0.0541 e. The van der Waals surface area contributed by atoms with Gasteiger partial charge in [-0.05, 0) is 48.9 Å². The van der Waals surface area contributed by atoms with Crippen LogP contribution in [0.1, 0.15) is 48.5 Å². The highest BCUT2D eigenvalue weighted by molar-refractivity contribution is 5.30. The standard InChI is InChI=1S/C17H20N2/c1-13(19-12-17-7-2-3-10-18-17)15-5-4-6-16(11-15)14-8-9-14/h2-7,10-11,13-14,19H,8-9,12H2,1H3. The second kappa shape index (κ2) is 5.54. The summed E-state index contributed by atoms with van der Waals surface area (Å²) < 4.78 is 0. The van der Waals surface area contributed by atoms with E-state index in [1.807, 2.05) is 18.3 Å². The van der Waals surface area contributed by atoms with Gasteiger partial charge in [0.25, 0.3) is 0 Å². The SMILES string of the molecule is CC(NCc1ccccn1)c1cccc(C2CC2)c1. The second-order valence-electron chi connectivity index (χ2n) is 5.37. The Balaban J connectivity index is 1.63. The summed E-state index contributed by atoms with van der Waals surface area (Å²) in [5.41, 5.74) is 3.97. The average molecular weight is 252 g/mol. The molecule has 0 spiro atoms. The number of hydrogen-bond donors (Lipinski definition) is 1. The van der Waals surface area contributed by atoms with Crippen molar-refractivity contribution in [3.8, 4) is 0 Å². The van der Waals surface area contributed by atoms with Gasteiger partial charge in [-0.1, -0.05) is 30.3 Å². The molecule has 98 valence electrons. The van der Waals surface area contributed by atoms with Crippen LogP contribution in [0, 0.1) is 0 Å². The molecule has 1 N–H and O–H groups in total. The van der Waals surface area contributed by atoms with Crippen molar-refractivity contribution in [1.82, 2.24) is 10.3 Å². The molecule has 0 bridgehead atoms. The van der Waals surface area contributed by atoms with Crippen molar-refractivity contribution >= 4 is 0 Å². The normalized spacial score (nSPS) is 16.3. The number of rotatable bonds is 5. The van der Waals surface area contributed by atoms with E-state index in [9.17, 15) is 0 Å². The molecule has 2 nitrogen and oxygen atoms in total. The maximum absolute atomic E-state index is 4.34. The van der Waals surface area contributed by atoms with Crippen molar-refractivity contribution in [2.75, 3.05) is 0 Å². The Hall–Kier alpha value is -1.67. The Labute approximate surface area is 114 Å². The van der Waals surface area contributed by atoms with E-state index in [-0.39, 0.29) is 0 Å². The summed E-state index contributed by atoms with van der Waals surface area (Å²) in [4.78, 5) is 4.34. The Morgan fingerprint density at radius 2 is 2.11 bits per heavy atom. The number of hydrogen-bond acceptors (Lipinski definition) is 2. The fraction of sp³-hybridized carbons (Fsp3) is 0.353. The molecule has 1 aromatic heterocycles. The minimum atomic E-state index is 0.362. The number of aromatic nitrogens is 1.